The minimum absolute atomic E-state index is 0.0610. The molecular weight excluding hydrogens is 312 g/mol. The third-order valence-electron chi connectivity index (χ3n) is 4.23. The summed E-state index contributed by atoms with van der Waals surface area (Å²) in [6.07, 6.45) is -0.587. The molecular formula is C17H22N2O5. The number of ether oxygens (including phenoxy) is 3. The van der Waals surface area contributed by atoms with Gasteiger partial charge in [0.25, 0.3) is 5.91 Å². The molecule has 0 saturated carbocycles. The largest absolute Gasteiger partial charge is 0.497 e. The van der Waals surface area contributed by atoms with Crippen molar-refractivity contribution in [2.75, 3.05) is 46.6 Å². The van der Waals surface area contributed by atoms with Crippen molar-refractivity contribution < 1.29 is 23.8 Å². The second kappa shape index (κ2) is 7.63. The molecule has 0 unspecified atom stereocenters. The van der Waals surface area contributed by atoms with Crippen LogP contribution >= 0.6 is 0 Å². The highest BCUT2D eigenvalue weighted by Gasteiger charge is 2.32. The minimum atomic E-state index is -0.587. The Morgan fingerprint density at radius 2 is 2.21 bits per heavy atom. The number of benzene rings is 1. The van der Waals surface area contributed by atoms with Crippen LogP contribution in [0.4, 0.5) is 0 Å². The van der Waals surface area contributed by atoms with Gasteiger partial charge in [0.1, 0.15) is 5.75 Å². The molecule has 2 amide bonds. The van der Waals surface area contributed by atoms with Crippen molar-refractivity contribution in [2.45, 2.75) is 12.6 Å². The highest BCUT2D eigenvalue weighted by Crippen LogP contribution is 2.16. The van der Waals surface area contributed by atoms with E-state index in [1.165, 1.54) is 0 Å². The summed E-state index contributed by atoms with van der Waals surface area (Å²) in [7, 11) is 1.62. The predicted molar refractivity (Wildman–Crippen MR) is 85.6 cm³/mol. The molecule has 3 rings (SSSR count). The predicted octanol–water partition coefficient (Wildman–Crippen LogP) is 0.281. The average molecular weight is 334 g/mol. The van der Waals surface area contributed by atoms with Crippen LogP contribution in [0.1, 0.15) is 5.56 Å². The molecule has 0 spiro atoms. The SMILES string of the molecule is COc1cccc(CN2CCN(C(=O)[C@@H]3COCCO3)CC2=O)c1. The Morgan fingerprint density at radius 3 is 2.92 bits per heavy atom. The van der Waals surface area contributed by atoms with E-state index in [0.29, 0.717) is 32.8 Å². The van der Waals surface area contributed by atoms with Gasteiger partial charge in [-0.15, -0.1) is 0 Å². The molecule has 0 bridgehead atoms. The molecule has 1 aromatic carbocycles. The van der Waals surface area contributed by atoms with Crippen LogP contribution in [0.2, 0.25) is 0 Å². The number of carbonyl (C=O) groups is 2. The number of hydrogen-bond donors (Lipinski definition) is 0. The Balaban J connectivity index is 1.56. The van der Waals surface area contributed by atoms with Gasteiger partial charge in [-0.05, 0) is 17.7 Å². The maximum atomic E-state index is 12.4. The first-order valence-corrected chi connectivity index (χ1v) is 8.06. The van der Waals surface area contributed by atoms with Gasteiger partial charge in [-0.1, -0.05) is 12.1 Å². The van der Waals surface area contributed by atoms with Crippen LogP contribution in [0.25, 0.3) is 0 Å². The zero-order valence-corrected chi connectivity index (χ0v) is 13.8. The van der Waals surface area contributed by atoms with Crippen molar-refractivity contribution in [3.63, 3.8) is 0 Å². The van der Waals surface area contributed by atoms with Gasteiger partial charge in [-0.25, -0.2) is 0 Å². The second-order valence-electron chi connectivity index (χ2n) is 5.86. The highest BCUT2D eigenvalue weighted by atomic mass is 16.6. The summed E-state index contributed by atoms with van der Waals surface area (Å²) in [5.41, 5.74) is 1.01. The summed E-state index contributed by atoms with van der Waals surface area (Å²) < 4.78 is 15.9. The van der Waals surface area contributed by atoms with E-state index < -0.39 is 6.10 Å². The maximum absolute atomic E-state index is 12.4. The number of carbonyl (C=O) groups excluding carboxylic acids is 2. The first kappa shape index (κ1) is 16.7. The van der Waals surface area contributed by atoms with Crippen LogP contribution in [0, 0.1) is 0 Å². The van der Waals surface area contributed by atoms with Crippen LogP contribution < -0.4 is 4.74 Å². The Kier molecular flexibility index (Phi) is 5.32. The first-order chi connectivity index (χ1) is 11.7. The third-order valence-corrected chi connectivity index (χ3v) is 4.23. The van der Waals surface area contributed by atoms with E-state index in [2.05, 4.69) is 0 Å². The lowest BCUT2D eigenvalue weighted by atomic mass is 10.1. The van der Waals surface area contributed by atoms with E-state index in [0.717, 1.165) is 11.3 Å². The molecule has 2 saturated heterocycles. The minimum Gasteiger partial charge on any atom is -0.497 e. The molecule has 7 heteroatoms. The maximum Gasteiger partial charge on any atom is 0.254 e. The molecule has 2 fully saturated rings. The molecule has 2 aliphatic rings. The Labute approximate surface area is 141 Å². The molecule has 24 heavy (non-hydrogen) atoms. The summed E-state index contributed by atoms with van der Waals surface area (Å²) in [6, 6.07) is 7.64. The fourth-order valence-corrected chi connectivity index (χ4v) is 2.89. The van der Waals surface area contributed by atoms with Crippen molar-refractivity contribution in [3.8, 4) is 5.75 Å². The molecule has 0 aromatic heterocycles. The highest BCUT2D eigenvalue weighted by molar-refractivity contribution is 5.88. The Morgan fingerprint density at radius 1 is 1.33 bits per heavy atom. The van der Waals surface area contributed by atoms with E-state index in [1.807, 2.05) is 24.3 Å². The van der Waals surface area contributed by atoms with Gasteiger partial charge < -0.3 is 24.0 Å². The quantitative estimate of drug-likeness (QED) is 0.791. The van der Waals surface area contributed by atoms with Gasteiger partial charge in [0.15, 0.2) is 6.10 Å². The van der Waals surface area contributed by atoms with Gasteiger partial charge in [-0.2, -0.15) is 0 Å². The standard InChI is InChI=1S/C17H22N2O5/c1-22-14-4-2-3-13(9-14)10-18-5-6-19(11-16(18)20)17(21)15-12-23-7-8-24-15/h2-4,9,15H,5-8,10-12H2,1H3/t15-/m0/s1. The molecule has 2 aliphatic heterocycles. The summed E-state index contributed by atoms with van der Waals surface area (Å²) in [6.45, 7) is 2.81. The molecule has 130 valence electrons. The third kappa shape index (κ3) is 3.85. The molecule has 1 atom stereocenters. The number of piperazine rings is 1. The normalized spacial score (nSPS) is 21.7. The van der Waals surface area contributed by atoms with Crippen LogP contribution in [-0.4, -0.2) is 74.3 Å². The van der Waals surface area contributed by atoms with Gasteiger partial charge >= 0.3 is 0 Å². The smallest absolute Gasteiger partial charge is 0.254 e. The summed E-state index contributed by atoms with van der Waals surface area (Å²) in [5, 5.41) is 0. The average Bonchev–Trinajstić information content (AvgIpc) is 2.63. The molecule has 7 nitrogen and oxygen atoms in total. The van der Waals surface area contributed by atoms with Crippen LogP contribution in [0.15, 0.2) is 24.3 Å². The zero-order valence-electron chi connectivity index (χ0n) is 13.8. The van der Waals surface area contributed by atoms with E-state index in [9.17, 15) is 9.59 Å². The van der Waals surface area contributed by atoms with Crippen molar-refractivity contribution >= 4 is 11.8 Å². The van der Waals surface area contributed by atoms with Gasteiger partial charge in [0.05, 0.1) is 33.5 Å². The fraction of sp³-hybridized carbons (Fsp3) is 0.529. The van der Waals surface area contributed by atoms with Crippen LogP contribution in [0.3, 0.4) is 0 Å². The van der Waals surface area contributed by atoms with Crippen LogP contribution in [-0.2, 0) is 25.6 Å². The summed E-state index contributed by atoms with van der Waals surface area (Å²) >= 11 is 0. The number of rotatable bonds is 4. The fourth-order valence-electron chi connectivity index (χ4n) is 2.89. The van der Waals surface area contributed by atoms with Crippen molar-refractivity contribution in [2.24, 2.45) is 0 Å². The lowest BCUT2D eigenvalue weighted by molar-refractivity contribution is -0.163. The summed E-state index contributed by atoms with van der Waals surface area (Å²) in [5.74, 6) is 0.543. The topological polar surface area (TPSA) is 68.3 Å². The zero-order chi connectivity index (χ0) is 16.9. The van der Waals surface area contributed by atoms with Crippen molar-refractivity contribution in [1.29, 1.82) is 0 Å². The molecule has 0 N–H and O–H groups in total. The number of methoxy groups -OCH3 is 1. The number of nitrogens with zero attached hydrogens (tertiary/aromatic N) is 2. The van der Waals surface area contributed by atoms with E-state index in [-0.39, 0.29) is 25.0 Å². The van der Waals surface area contributed by atoms with Crippen molar-refractivity contribution in [3.05, 3.63) is 29.8 Å². The number of hydrogen-bond acceptors (Lipinski definition) is 5. The van der Waals surface area contributed by atoms with Crippen molar-refractivity contribution in [1.82, 2.24) is 9.80 Å². The number of amides is 2. The van der Waals surface area contributed by atoms with Gasteiger partial charge in [-0.3, -0.25) is 9.59 Å². The second-order valence-corrected chi connectivity index (χ2v) is 5.86. The Bertz CT molecular complexity index is 600. The van der Waals surface area contributed by atoms with Gasteiger partial charge in [0.2, 0.25) is 5.91 Å². The lowest BCUT2D eigenvalue weighted by Crippen LogP contribution is -2.55. The molecule has 0 radical (unpaired) electrons. The van der Waals surface area contributed by atoms with E-state index >= 15 is 0 Å². The van der Waals surface area contributed by atoms with E-state index in [4.69, 9.17) is 14.2 Å². The molecule has 1 aromatic rings. The van der Waals surface area contributed by atoms with Crippen LogP contribution in [0.5, 0.6) is 5.75 Å². The van der Waals surface area contributed by atoms with E-state index in [1.54, 1.807) is 16.9 Å². The Hall–Kier alpha value is -2.12. The van der Waals surface area contributed by atoms with Gasteiger partial charge in [0, 0.05) is 19.6 Å². The first-order valence-electron chi connectivity index (χ1n) is 8.06. The summed E-state index contributed by atoms with van der Waals surface area (Å²) in [4.78, 5) is 28.1. The lowest BCUT2D eigenvalue weighted by Gasteiger charge is -2.36. The molecule has 2 heterocycles. The molecule has 0 aliphatic carbocycles. The monoisotopic (exact) mass is 334 g/mol.